The molecular weight excluding hydrogens is 353 g/mol. The number of hydrogen-bond donors (Lipinski definition) is 0. The zero-order valence-electron chi connectivity index (χ0n) is 11.7. The molecule has 1 aromatic carbocycles. The highest BCUT2D eigenvalue weighted by molar-refractivity contribution is 9.09. The Morgan fingerprint density at radius 3 is 2.57 bits per heavy atom. The zero-order chi connectivity index (χ0) is 15.6. The van der Waals surface area contributed by atoms with Gasteiger partial charge in [0.1, 0.15) is 5.56 Å². The van der Waals surface area contributed by atoms with Crippen LogP contribution in [-0.2, 0) is 17.3 Å². The van der Waals surface area contributed by atoms with Gasteiger partial charge < -0.3 is 14.2 Å². The number of fused-ring (bicyclic) bond motifs is 1. The number of hydrogen-bond acceptors (Lipinski definition) is 3. The quantitative estimate of drug-likeness (QED) is 0.751. The maximum absolute atomic E-state index is 13.6. The third-order valence-electron chi connectivity index (χ3n) is 3.45. The maximum Gasteiger partial charge on any atom is 0.420 e. The summed E-state index contributed by atoms with van der Waals surface area (Å²) in [6.45, 7) is 0.423. The van der Waals surface area contributed by atoms with E-state index in [1.165, 1.54) is 14.2 Å². The molecule has 118 valence electrons. The molecule has 1 aliphatic heterocycles. The number of alkyl halides is 4. The van der Waals surface area contributed by atoms with Crippen LogP contribution in [0, 0.1) is 0 Å². The summed E-state index contributed by atoms with van der Waals surface area (Å²) >= 11 is 3.23. The van der Waals surface area contributed by atoms with Crippen molar-refractivity contribution in [2.75, 3.05) is 26.2 Å². The van der Waals surface area contributed by atoms with E-state index in [2.05, 4.69) is 15.9 Å². The highest BCUT2D eigenvalue weighted by Gasteiger charge is 2.42. The molecule has 0 bridgehead atoms. The van der Waals surface area contributed by atoms with Crippen molar-refractivity contribution >= 4 is 15.9 Å². The molecule has 1 aromatic rings. The topological polar surface area (TPSA) is 27.7 Å². The smallest absolute Gasteiger partial charge is 0.420 e. The fourth-order valence-electron chi connectivity index (χ4n) is 2.61. The summed E-state index contributed by atoms with van der Waals surface area (Å²) in [5, 5.41) is 0.290. The number of rotatable bonds is 3. The van der Waals surface area contributed by atoms with Crippen molar-refractivity contribution < 1.29 is 27.4 Å². The molecule has 0 saturated heterocycles. The Balaban J connectivity index is 2.78. The van der Waals surface area contributed by atoms with Crippen molar-refractivity contribution in [3.05, 3.63) is 22.8 Å². The summed E-state index contributed by atoms with van der Waals surface area (Å²) in [7, 11) is 2.54. The Bertz CT molecular complexity index is 517. The molecule has 0 aromatic heterocycles. The van der Waals surface area contributed by atoms with Crippen molar-refractivity contribution in [3.63, 3.8) is 0 Å². The molecule has 0 saturated carbocycles. The van der Waals surface area contributed by atoms with Gasteiger partial charge in [-0.3, -0.25) is 0 Å². The molecule has 0 aliphatic carbocycles. The van der Waals surface area contributed by atoms with Crippen molar-refractivity contribution in [1.82, 2.24) is 0 Å². The standard InChI is InChI=1S/C14H16BrF3O3/c1-19-9-6-8-4-3-5-21-10(7-15)11(8)12(13(9)20-2)14(16,17)18/h6,10H,3-5,7H2,1-2H3. The van der Waals surface area contributed by atoms with Gasteiger partial charge >= 0.3 is 6.18 Å². The van der Waals surface area contributed by atoms with Crippen molar-refractivity contribution in [3.8, 4) is 11.5 Å². The predicted octanol–water partition coefficient (Wildman–Crippen LogP) is 4.12. The molecular formula is C14H16BrF3O3. The monoisotopic (exact) mass is 368 g/mol. The number of halogens is 4. The lowest BCUT2D eigenvalue weighted by Gasteiger charge is -2.24. The summed E-state index contributed by atoms with van der Waals surface area (Å²) in [4.78, 5) is 0. The van der Waals surface area contributed by atoms with Gasteiger partial charge in [0, 0.05) is 17.5 Å². The van der Waals surface area contributed by atoms with Crippen LogP contribution >= 0.6 is 15.9 Å². The predicted molar refractivity (Wildman–Crippen MR) is 75.4 cm³/mol. The second-order valence-corrected chi connectivity index (χ2v) is 5.32. The first-order valence-electron chi connectivity index (χ1n) is 6.46. The van der Waals surface area contributed by atoms with E-state index in [-0.39, 0.29) is 17.1 Å². The van der Waals surface area contributed by atoms with Gasteiger partial charge in [0.25, 0.3) is 0 Å². The van der Waals surface area contributed by atoms with Crippen LogP contribution in [0.5, 0.6) is 11.5 Å². The van der Waals surface area contributed by atoms with Crippen LogP contribution in [0.4, 0.5) is 13.2 Å². The SMILES string of the molecule is COc1cc2c(c(C(F)(F)F)c1OC)C(CBr)OCCC2. The first-order valence-corrected chi connectivity index (χ1v) is 7.58. The highest BCUT2D eigenvalue weighted by Crippen LogP contribution is 2.48. The second kappa shape index (κ2) is 6.44. The fraction of sp³-hybridized carbons (Fsp3) is 0.571. The van der Waals surface area contributed by atoms with Crippen LogP contribution in [-0.4, -0.2) is 26.2 Å². The van der Waals surface area contributed by atoms with Gasteiger partial charge in [-0.05, 0) is 24.5 Å². The minimum atomic E-state index is -4.54. The van der Waals surface area contributed by atoms with Gasteiger partial charge in [0.15, 0.2) is 11.5 Å². The molecule has 21 heavy (non-hydrogen) atoms. The average molecular weight is 369 g/mol. The summed E-state index contributed by atoms with van der Waals surface area (Å²) in [6, 6.07) is 1.62. The molecule has 2 rings (SSSR count). The first-order chi connectivity index (χ1) is 9.93. The molecule has 0 radical (unpaired) electrons. The number of methoxy groups -OCH3 is 2. The van der Waals surface area contributed by atoms with E-state index in [4.69, 9.17) is 14.2 Å². The Morgan fingerprint density at radius 1 is 1.33 bits per heavy atom. The van der Waals surface area contributed by atoms with Crippen molar-refractivity contribution in [2.24, 2.45) is 0 Å². The van der Waals surface area contributed by atoms with Gasteiger partial charge in [-0.1, -0.05) is 15.9 Å². The van der Waals surface area contributed by atoms with Crippen molar-refractivity contribution in [2.45, 2.75) is 25.1 Å². The third kappa shape index (κ3) is 3.13. The van der Waals surface area contributed by atoms with Gasteiger partial charge in [-0.15, -0.1) is 0 Å². The summed E-state index contributed by atoms with van der Waals surface area (Å²) < 4.78 is 56.3. The van der Waals surface area contributed by atoms with Gasteiger partial charge in [0.05, 0.1) is 20.3 Å². The lowest BCUT2D eigenvalue weighted by molar-refractivity contribution is -0.140. The van der Waals surface area contributed by atoms with Crippen LogP contribution in [0.3, 0.4) is 0 Å². The van der Waals surface area contributed by atoms with Crippen LogP contribution < -0.4 is 9.47 Å². The minimum absolute atomic E-state index is 0.0961. The number of ether oxygens (including phenoxy) is 3. The summed E-state index contributed by atoms with van der Waals surface area (Å²) in [6.07, 6.45) is -4.01. The molecule has 1 atom stereocenters. The molecule has 3 nitrogen and oxygen atoms in total. The molecule has 0 spiro atoms. The summed E-state index contributed by atoms with van der Waals surface area (Å²) in [5.74, 6) is -0.195. The molecule has 1 unspecified atom stereocenters. The Kier molecular flexibility index (Phi) is 5.03. The largest absolute Gasteiger partial charge is 0.493 e. The molecule has 0 fully saturated rings. The Hall–Kier alpha value is -0.950. The Morgan fingerprint density at radius 2 is 2.05 bits per heavy atom. The fourth-order valence-corrected chi connectivity index (χ4v) is 3.12. The average Bonchev–Trinajstić information content (AvgIpc) is 2.65. The van der Waals surface area contributed by atoms with Crippen LogP contribution in [0.25, 0.3) is 0 Å². The van der Waals surface area contributed by atoms with E-state index in [1.54, 1.807) is 6.07 Å². The number of aryl methyl sites for hydroxylation is 1. The second-order valence-electron chi connectivity index (χ2n) is 4.67. The molecule has 1 aliphatic rings. The van der Waals surface area contributed by atoms with Gasteiger partial charge in [0.2, 0.25) is 0 Å². The van der Waals surface area contributed by atoms with E-state index >= 15 is 0 Å². The van der Waals surface area contributed by atoms with Crippen molar-refractivity contribution in [1.29, 1.82) is 0 Å². The van der Waals surface area contributed by atoms with E-state index in [0.717, 1.165) is 0 Å². The number of benzene rings is 1. The molecule has 0 amide bonds. The zero-order valence-corrected chi connectivity index (χ0v) is 13.3. The lowest BCUT2D eigenvalue weighted by Crippen LogP contribution is -2.18. The highest BCUT2D eigenvalue weighted by atomic mass is 79.9. The molecule has 0 N–H and O–H groups in total. The lowest BCUT2D eigenvalue weighted by atomic mass is 9.93. The van der Waals surface area contributed by atoms with Gasteiger partial charge in [-0.25, -0.2) is 0 Å². The van der Waals surface area contributed by atoms with Crippen LogP contribution in [0.15, 0.2) is 6.07 Å². The first kappa shape index (κ1) is 16.4. The third-order valence-corrected chi connectivity index (χ3v) is 4.04. The van der Waals surface area contributed by atoms with E-state index in [9.17, 15) is 13.2 Å². The normalized spacial score (nSPS) is 18.9. The minimum Gasteiger partial charge on any atom is -0.493 e. The molecule has 1 heterocycles. The van der Waals surface area contributed by atoms with E-state index < -0.39 is 17.8 Å². The Labute approximate surface area is 129 Å². The van der Waals surface area contributed by atoms with Crippen LogP contribution in [0.2, 0.25) is 0 Å². The maximum atomic E-state index is 13.6. The summed E-state index contributed by atoms with van der Waals surface area (Å²) in [5.41, 5.74) is -0.0536. The molecule has 7 heteroatoms. The van der Waals surface area contributed by atoms with Gasteiger partial charge in [-0.2, -0.15) is 13.2 Å². The van der Waals surface area contributed by atoms with E-state index in [1.807, 2.05) is 0 Å². The van der Waals surface area contributed by atoms with E-state index in [0.29, 0.717) is 30.3 Å². The van der Waals surface area contributed by atoms with Crippen LogP contribution in [0.1, 0.15) is 29.2 Å².